The summed E-state index contributed by atoms with van der Waals surface area (Å²) in [6.07, 6.45) is 4.43. The summed E-state index contributed by atoms with van der Waals surface area (Å²) < 4.78 is 34.0. The number of carbonyl (C=O) groups excluding carboxylic acids is 1. The minimum absolute atomic E-state index is 0. The van der Waals surface area contributed by atoms with Gasteiger partial charge in [0.15, 0.2) is 0 Å². The van der Waals surface area contributed by atoms with E-state index in [0.717, 1.165) is 11.0 Å². The first-order chi connectivity index (χ1) is 14.9. The Morgan fingerprint density at radius 2 is 1.15 bits per heavy atom. The van der Waals surface area contributed by atoms with E-state index in [0.29, 0.717) is 6.29 Å². The molecule has 0 unspecified atom stereocenters. The Kier molecular flexibility index (Phi) is 10.3. The molecule has 4 rings (SSSR count). The summed E-state index contributed by atoms with van der Waals surface area (Å²) in [5.41, 5.74) is 7.29. The van der Waals surface area contributed by atoms with Gasteiger partial charge >= 0.3 is 17.1 Å². The van der Waals surface area contributed by atoms with E-state index in [2.05, 4.69) is 49.8 Å². The Bertz CT molecular complexity index is 1190. The van der Waals surface area contributed by atoms with Crippen molar-refractivity contribution in [2.45, 2.75) is 27.7 Å². The van der Waals surface area contributed by atoms with Gasteiger partial charge in [0, 0.05) is 28.7 Å². The molecule has 0 spiro atoms. The summed E-state index contributed by atoms with van der Waals surface area (Å²) in [4.78, 5) is 19.2. The molecule has 33 heavy (non-hydrogen) atoms. The molecule has 2 aromatic carbocycles. The number of aromatic nitrogens is 2. The molecule has 177 valence electrons. The molecule has 0 aliphatic rings. The van der Waals surface area contributed by atoms with E-state index in [4.69, 9.17) is 18.6 Å². The van der Waals surface area contributed by atoms with Crippen LogP contribution in [-0.4, -0.2) is 16.3 Å². The molecule has 0 saturated heterocycles. The van der Waals surface area contributed by atoms with Gasteiger partial charge in [-0.3, -0.25) is 14.8 Å². The maximum atomic E-state index is 10.6. The van der Waals surface area contributed by atoms with Gasteiger partial charge in [-0.2, -0.15) is 0 Å². The predicted octanol–water partition coefficient (Wildman–Crippen LogP) is -0.169. The summed E-state index contributed by atoms with van der Waals surface area (Å²) in [5, 5.41) is 13.0. The largest absolute Gasteiger partial charge is 2.00 e. The number of benzene rings is 2. The van der Waals surface area contributed by atoms with Crippen molar-refractivity contribution in [3.8, 4) is 5.75 Å². The van der Waals surface area contributed by atoms with Crippen LogP contribution in [-0.2, 0) is 17.1 Å². The van der Waals surface area contributed by atoms with Gasteiger partial charge in [0.2, 0.25) is 0 Å². The Morgan fingerprint density at radius 1 is 0.758 bits per heavy atom. The van der Waals surface area contributed by atoms with Gasteiger partial charge in [0.25, 0.3) is 0 Å². The summed E-state index contributed by atoms with van der Waals surface area (Å²) in [7, 11) is -4.94. The number of hydrogen-bond acceptors (Lipinski definition) is 8. The van der Waals surface area contributed by atoms with E-state index >= 15 is 0 Å². The molecule has 10 heteroatoms. The van der Waals surface area contributed by atoms with Crippen LogP contribution in [0, 0.1) is 37.9 Å². The molecule has 2 aromatic heterocycles. The number of para-hydroxylation sites is 1. The molecule has 2 heterocycles. The monoisotopic (exact) mass is 519 g/mol. The van der Waals surface area contributed by atoms with Crippen LogP contribution in [0.1, 0.15) is 32.6 Å². The van der Waals surface area contributed by atoms with Crippen LogP contribution >= 0.6 is 0 Å². The molecule has 0 amide bonds. The van der Waals surface area contributed by atoms with Crippen molar-refractivity contribution in [1.82, 2.24) is 9.97 Å². The normalized spacial score (nSPS) is 10.4. The summed E-state index contributed by atoms with van der Waals surface area (Å²) in [6, 6.07) is 10.5. The van der Waals surface area contributed by atoms with Crippen molar-refractivity contribution in [1.29, 1.82) is 0 Å². The molecule has 0 aliphatic heterocycles. The van der Waals surface area contributed by atoms with E-state index in [1.165, 1.54) is 45.2 Å². The quantitative estimate of drug-likeness (QED) is 0.190. The number of aldehydes is 1. The third-order valence-corrected chi connectivity index (χ3v) is 4.96. The van der Waals surface area contributed by atoms with E-state index in [-0.39, 0.29) is 28.4 Å². The molecule has 1 radical (unpaired) electrons. The van der Waals surface area contributed by atoms with Gasteiger partial charge < -0.3 is 5.11 Å². The Labute approximate surface area is 203 Å². The Balaban J connectivity index is 0.000000305. The number of nitrogens with zero attached hydrogens (tertiary/aromatic N) is 2. The predicted molar refractivity (Wildman–Crippen MR) is 107 cm³/mol. The fourth-order valence-corrected chi connectivity index (χ4v) is 2.97. The first-order valence-corrected chi connectivity index (χ1v) is 10.6. The van der Waals surface area contributed by atoms with Gasteiger partial charge in [-0.25, -0.2) is 18.6 Å². The summed E-state index contributed by atoms with van der Waals surface area (Å²) in [5.74, 6) is -0.215. The molecule has 4 aromatic rings. The fourth-order valence-electron chi connectivity index (χ4n) is 2.97. The van der Waals surface area contributed by atoms with Crippen LogP contribution in [0.4, 0.5) is 0 Å². The molecule has 0 bridgehead atoms. The molecule has 0 aliphatic carbocycles. The third-order valence-electron chi connectivity index (χ3n) is 4.96. The number of hydrogen-bond donors (Lipinski definition) is 0. The average Bonchev–Trinajstić information content (AvgIpc) is 2.73. The van der Waals surface area contributed by atoms with E-state index in [1.54, 1.807) is 12.1 Å². The Morgan fingerprint density at radius 3 is 1.48 bits per heavy atom. The van der Waals surface area contributed by atoms with Gasteiger partial charge in [0.1, 0.15) is 6.29 Å². The zero-order valence-electron chi connectivity index (χ0n) is 18.2. The van der Waals surface area contributed by atoms with E-state index < -0.39 is 10.2 Å². The van der Waals surface area contributed by atoms with Crippen LogP contribution in [0.25, 0.3) is 21.8 Å². The van der Waals surface area contributed by atoms with Crippen LogP contribution in [0.3, 0.4) is 0 Å². The zero-order chi connectivity index (χ0) is 24.1. The number of aryl methyl sites for hydroxylation is 4. The van der Waals surface area contributed by atoms with Crippen LogP contribution in [0.5, 0.6) is 5.75 Å². The smallest absolute Gasteiger partial charge is 0.872 e. The van der Waals surface area contributed by atoms with Crippen LogP contribution in [0.2, 0.25) is 0 Å². The SMILES string of the molecule is Cc1cnc2c(ccc3c(C)c(C)cnc32)c1C.O=Cc1ccccc1[O-].[Cu+2].[O-][Cl+3]([O-])([O-])[O-]. The molecule has 0 N–H and O–H groups in total. The van der Waals surface area contributed by atoms with E-state index in [9.17, 15) is 9.90 Å². The number of halogens is 1. The molecule has 8 nitrogen and oxygen atoms in total. The van der Waals surface area contributed by atoms with Crippen molar-refractivity contribution >= 4 is 28.1 Å². The van der Waals surface area contributed by atoms with Gasteiger partial charge in [-0.05, 0) is 49.9 Å². The van der Waals surface area contributed by atoms with Gasteiger partial charge in [0.05, 0.1) is 11.0 Å². The third kappa shape index (κ3) is 7.73. The molecular formula is C23H21ClCuN2O6. The Hall–Kier alpha value is -2.62. The van der Waals surface area contributed by atoms with Crippen molar-refractivity contribution in [3.05, 3.63) is 76.6 Å². The second-order valence-electron chi connectivity index (χ2n) is 7.02. The average molecular weight is 520 g/mol. The summed E-state index contributed by atoms with van der Waals surface area (Å²) >= 11 is 0. The fraction of sp³-hybridized carbons (Fsp3) is 0.174. The number of fused-ring (bicyclic) bond motifs is 3. The van der Waals surface area contributed by atoms with Crippen molar-refractivity contribution in [2.24, 2.45) is 0 Å². The van der Waals surface area contributed by atoms with Crippen molar-refractivity contribution < 1.29 is 55.8 Å². The second kappa shape index (κ2) is 12.0. The van der Waals surface area contributed by atoms with Crippen LogP contribution < -0.4 is 23.7 Å². The maximum absolute atomic E-state index is 10.6. The number of carbonyl (C=O) groups is 1. The number of pyridine rings is 2. The van der Waals surface area contributed by atoms with E-state index in [1.807, 2.05) is 12.4 Å². The summed E-state index contributed by atoms with van der Waals surface area (Å²) in [6.45, 7) is 8.48. The standard InChI is InChI=1S/C16H16N2.C7H6O2.ClHO4.Cu/c1-9-7-17-15-13(11(9)3)5-6-14-12(4)10(2)8-18-16(14)15;8-5-6-3-1-2-4-7(6)9;2-1(3,4)5;/h5-8H,1-4H3;1-5,9H;(H,2,3,4,5);/q;;;+2/p-2. The topological polar surface area (TPSA) is 158 Å². The van der Waals surface area contributed by atoms with Gasteiger partial charge in [-0.1, -0.05) is 42.1 Å². The first-order valence-electron chi connectivity index (χ1n) is 9.37. The second-order valence-corrected chi connectivity index (χ2v) is 7.78. The minimum atomic E-state index is -4.94. The molecule has 0 fully saturated rings. The van der Waals surface area contributed by atoms with Crippen molar-refractivity contribution in [3.63, 3.8) is 0 Å². The van der Waals surface area contributed by atoms with Crippen molar-refractivity contribution in [2.75, 3.05) is 0 Å². The number of rotatable bonds is 1. The van der Waals surface area contributed by atoms with Gasteiger partial charge in [-0.15, -0.1) is 10.2 Å². The zero-order valence-corrected chi connectivity index (χ0v) is 19.9. The molecule has 0 atom stereocenters. The van der Waals surface area contributed by atoms with Crippen LogP contribution in [0.15, 0.2) is 48.8 Å². The molecular weight excluding hydrogens is 499 g/mol. The maximum Gasteiger partial charge on any atom is 2.00 e. The molecule has 0 saturated carbocycles. The first kappa shape index (κ1) is 28.4. The minimum Gasteiger partial charge on any atom is -0.872 e.